The highest BCUT2D eigenvalue weighted by Gasteiger charge is 2.43. The van der Waals surface area contributed by atoms with Crippen LogP contribution >= 0.6 is 15.9 Å². The number of halogens is 1. The van der Waals surface area contributed by atoms with Crippen LogP contribution in [0.25, 0.3) is 11.3 Å². The first-order chi connectivity index (χ1) is 15.6. The number of aromatic nitrogens is 2. The molecule has 1 aliphatic heterocycles. The van der Waals surface area contributed by atoms with Gasteiger partial charge in [0.15, 0.2) is 11.5 Å². The zero-order chi connectivity index (χ0) is 22.2. The van der Waals surface area contributed by atoms with Gasteiger partial charge in [-0.25, -0.2) is 0 Å². The van der Waals surface area contributed by atoms with Gasteiger partial charge in [0, 0.05) is 21.3 Å². The number of H-pyrrole nitrogens is 1. The summed E-state index contributed by atoms with van der Waals surface area (Å²) < 4.78 is 11.9. The van der Waals surface area contributed by atoms with Gasteiger partial charge in [-0.05, 0) is 42.0 Å². The first-order valence-corrected chi connectivity index (χ1v) is 10.9. The third-order valence-corrected chi connectivity index (χ3v) is 6.17. The highest BCUT2D eigenvalue weighted by Crippen LogP contribution is 2.46. The molecule has 1 amide bonds. The fraction of sp³-hybridized carbons (Fsp3) is 0.120. The predicted octanol–water partition coefficient (Wildman–Crippen LogP) is 5.61. The molecule has 160 valence electrons. The van der Waals surface area contributed by atoms with Crippen LogP contribution in [0.15, 0.2) is 77.3 Å². The molecule has 2 heterocycles. The molecule has 7 heteroatoms. The van der Waals surface area contributed by atoms with Gasteiger partial charge >= 0.3 is 0 Å². The number of nitrogens with one attached hydrogen (secondary N) is 1. The van der Waals surface area contributed by atoms with Crippen LogP contribution in [-0.4, -0.2) is 30.3 Å². The Balaban J connectivity index is 1.73. The quantitative estimate of drug-likeness (QED) is 0.395. The van der Waals surface area contributed by atoms with Crippen LogP contribution in [0.5, 0.6) is 11.5 Å². The molecule has 0 aliphatic carbocycles. The maximum Gasteiger partial charge on any atom is 0.277 e. The number of hydrogen-bond donors (Lipinski definition) is 1. The number of para-hydroxylation sites is 1. The summed E-state index contributed by atoms with van der Waals surface area (Å²) in [6.45, 7) is 0. The minimum absolute atomic E-state index is 0.123. The minimum atomic E-state index is -0.378. The standard InChI is InChI=1S/C25H20BrN3O3/c1-31-19-13-10-16(14-20(19)32-2)24-21-22(15-8-11-17(26)12-9-15)27-28-23(21)25(30)29(24)18-6-4-3-5-7-18/h3-14,24H,1-2H3,(H,27,28)/t24-/m0/s1. The number of fused-ring (bicyclic) bond motifs is 1. The number of methoxy groups -OCH3 is 2. The Morgan fingerprint density at radius 3 is 2.34 bits per heavy atom. The van der Waals surface area contributed by atoms with Crippen molar-refractivity contribution in [1.82, 2.24) is 10.2 Å². The molecule has 0 fully saturated rings. The summed E-state index contributed by atoms with van der Waals surface area (Å²) in [5.74, 6) is 1.11. The fourth-order valence-electron chi connectivity index (χ4n) is 4.17. The Bertz CT molecular complexity index is 1290. The van der Waals surface area contributed by atoms with Crippen molar-refractivity contribution in [1.29, 1.82) is 0 Å². The van der Waals surface area contributed by atoms with Crippen LogP contribution in [0.4, 0.5) is 5.69 Å². The Hall–Kier alpha value is -3.58. The number of hydrogen-bond acceptors (Lipinski definition) is 4. The third-order valence-electron chi connectivity index (χ3n) is 5.64. The van der Waals surface area contributed by atoms with Crippen molar-refractivity contribution in [2.24, 2.45) is 0 Å². The van der Waals surface area contributed by atoms with Gasteiger partial charge in [0.25, 0.3) is 5.91 Å². The molecule has 0 bridgehead atoms. The summed E-state index contributed by atoms with van der Waals surface area (Å²) in [7, 11) is 3.21. The third kappa shape index (κ3) is 3.26. The molecule has 4 aromatic rings. The molecule has 0 saturated heterocycles. The predicted molar refractivity (Wildman–Crippen MR) is 126 cm³/mol. The topological polar surface area (TPSA) is 67.5 Å². The SMILES string of the molecule is COc1ccc([C@H]2c3c(-c4ccc(Br)cc4)n[nH]c3C(=O)N2c2ccccc2)cc1OC. The lowest BCUT2D eigenvalue weighted by Crippen LogP contribution is -2.29. The van der Waals surface area contributed by atoms with E-state index in [0.717, 1.165) is 32.5 Å². The highest BCUT2D eigenvalue weighted by atomic mass is 79.9. The molecule has 0 radical (unpaired) electrons. The Morgan fingerprint density at radius 1 is 0.938 bits per heavy atom. The largest absolute Gasteiger partial charge is 0.493 e. The van der Waals surface area contributed by atoms with Crippen LogP contribution in [0.1, 0.15) is 27.7 Å². The second-order valence-corrected chi connectivity index (χ2v) is 8.31. The van der Waals surface area contributed by atoms with E-state index in [4.69, 9.17) is 9.47 Å². The first-order valence-electron chi connectivity index (χ1n) is 10.1. The van der Waals surface area contributed by atoms with Crippen molar-refractivity contribution in [2.45, 2.75) is 6.04 Å². The van der Waals surface area contributed by atoms with Crippen molar-refractivity contribution in [3.63, 3.8) is 0 Å². The van der Waals surface area contributed by atoms with E-state index >= 15 is 0 Å². The van der Waals surface area contributed by atoms with E-state index in [2.05, 4.69) is 26.1 Å². The number of anilines is 1. The molecule has 1 aromatic heterocycles. The lowest BCUT2D eigenvalue weighted by atomic mass is 9.95. The van der Waals surface area contributed by atoms with Crippen molar-refractivity contribution < 1.29 is 14.3 Å². The van der Waals surface area contributed by atoms with Crippen molar-refractivity contribution in [3.05, 3.63) is 94.1 Å². The average molecular weight is 490 g/mol. The zero-order valence-electron chi connectivity index (χ0n) is 17.5. The van der Waals surface area contributed by atoms with E-state index < -0.39 is 0 Å². The van der Waals surface area contributed by atoms with Crippen molar-refractivity contribution in [2.75, 3.05) is 19.1 Å². The van der Waals surface area contributed by atoms with E-state index in [0.29, 0.717) is 17.2 Å². The molecule has 6 nitrogen and oxygen atoms in total. The summed E-state index contributed by atoms with van der Waals surface area (Å²) in [5.41, 5.74) is 4.72. The molecule has 5 rings (SSSR count). The highest BCUT2D eigenvalue weighted by molar-refractivity contribution is 9.10. The molecule has 3 aromatic carbocycles. The number of amides is 1. The van der Waals surface area contributed by atoms with Gasteiger partial charge in [0.05, 0.1) is 26.0 Å². The molecule has 0 unspecified atom stereocenters. The van der Waals surface area contributed by atoms with Gasteiger partial charge in [-0.2, -0.15) is 5.10 Å². The zero-order valence-corrected chi connectivity index (χ0v) is 19.1. The summed E-state index contributed by atoms with van der Waals surface area (Å²) >= 11 is 3.48. The number of aromatic amines is 1. The molecule has 32 heavy (non-hydrogen) atoms. The smallest absolute Gasteiger partial charge is 0.277 e. The molecule has 1 atom stereocenters. The first kappa shape index (κ1) is 20.3. The summed E-state index contributed by atoms with van der Waals surface area (Å²) in [4.78, 5) is 15.3. The molecular formula is C25H20BrN3O3. The summed E-state index contributed by atoms with van der Waals surface area (Å²) in [6, 6.07) is 22.9. The number of rotatable bonds is 5. The van der Waals surface area contributed by atoms with E-state index in [1.165, 1.54) is 0 Å². The monoisotopic (exact) mass is 489 g/mol. The van der Waals surface area contributed by atoms with Crippen LogP contribution in [0.3, 0.4) is 0 Å². The van der Waals surface area contributed by atoms with Crippen molar-refractivity contribution >= 4 is 27.5 Å². The molecule has 0 saturated carbocycles. The maximum absolute atomic E-state index is 13.5. The van der Waals surface area contributed by atoms with Gasteiger partial charge < -0.3 is 9.47 Å². The second kappa shape index (κ2) is 8.16. The molecule has 1 N–H and O–H groups in total. The number of nitrogens with zero attached hydrogens (tertiary/aromatic N) is 2. The number of carbonyl (C=O) groups is 1. The average Bonchev–Trinajstić information content (AvgIpc) is 3.38. The van der Waals surface area contributed by atoms with E-state index in [-0.39, 0.29) is 11.9 Å². The van der Waals surface area contributed by atoms with Crippen molar-refractivity contribution in [3.8, 4) is 22.8 Å². The maximum atomic E-state index is 13.5. The molecular weight excluding hydrogens is 470 g/mol. The normalized spacial score (nSPS) is 15.0. The number of ether oxygens (including phenoxy) is 2. The van der Waals surface area contributed by atoms with Crippen LogP contribution in [0.2, 0.25) is 0 Å². The molecule has 1 aliphatic rings. The summed E-state index contributed by atoms with van der Waals surface area (Å²) in [6.07, 6.45) is 0. The van der Waals surface area contributed by atoms with E-state index in [1.54, 1.807) is 19.1 Å². The fourth-order valence-corrected chi connectivity index (χ4v) is 4.43. The Labute approximate surface area is 193 Å². The Kier molecular flexibility index (Phi) is 5.19. The minimum Gasteiger partial charge on any atom is -0.493 e. The van der Waals surface area contributed by atoms with Gasteiger partial charge in [0.2, 0.25) is 0 Å². The van der Waals surface area contributed by atoms with E-state index in [9.17, 15) is 4.79 Å². The van der Waals surface area contributed by atoms with Gasteiger partial charge in [-0.3, -0.25) is 14.8 Å². The number of carbonyl (C=O) groups excluding carboxylic acids is 1. The number of benzene rings is 3. The Morgan fingerprint density at radius 2 is 1.66 bits per heavy atom. The van der Waals surface area contributed by atoms with Gasteiger partial charge in [-0.1, -0.05) is 52.3 Å². The lowest BCUT2D eigenvalue weighted by molar-refractivity contribution is 0.0988. The molecule has 0 spiro atoms. The van der Waals surface area contributed by atoms with Crippen LogP contribution in [0, 0.1) is 0 Å². The second-order valence-electron chi connectivity index (χ2n) is 7.40. The summed E-state index contributed by atoms with van der Waals surface area (Å²) in [5, 5.41) is 7.52. The lowest BCUT2D eigenvalue weighted by Gasteiger charge is -2.27. The van der Waals surface area contributed by atoms with Gasteiger partial charge in [0.1, 0.15) is 5.69 Å². The van der Waals surface area contributed by atoms with Gasteiger partial charge in [-0.15, -0.1) is 0 Å². The van der Waals surface area contributed by atoms with E-state index in [1.807, 2.05) is 72.8 Å². The van der Waals surface area contributed by atoms with Crippen LogP contribution in [-0.2, 0) is 0 Å². The van der Waals surface area contributed by atoms with Crippen LogP contribution < -0.4 is 14.4 Å².